The number of aryl methyl sites for hydroxylation is 1. The molecule has 0 saturated carbocycles. The Labute approximate surface area is 169 Å². The van der Waals surface area contributed by atoms with Crippen LogP contribution in [0.2, 0.25) is 0 Å². The number of hydrogen-bond acceptors (Lipinski definition) is 3. The van der Waals surface area contributed by atoms with Crippen molar-refractivity contribution in [1.29, 1.82) is 5.26 Å². The first-order valence-electron chi connectivity index (χ1n) is 10.1. The Balaban J connectivity index is 1.24. The Morgan fingerprint density at radius 3 is 2.59 bits per heavy atom. The SMILES string of the molecule is N#Cc1ccc2[nH]cc(CCCCN3CCN(c4ccc(F)cc4F)CC3)c2c1. The van der Waals surface area contributed by atoms with Crippen LogP contribution in [0.3, 0.4) is 0 Å². The van der Waals surface area contributed by atoms with Crippen molar-refractivity contribution < 1.29 is 8.78 Å². The first-order valence-corrected chi connectivity index (χ1v) is 10.1. The maximum Gasteiger partial charge on any atom is 0.149 e. The van der Waals surface area contributed by atoms with Gasteiger partial charge >= 0.3 is 0 Å². The first-order chi connectivity index (χ1) is 14.1. The topological polar surface area (TPSA) is 46.1 Å². The number of H-pyrrole nitrogens is 1. The van der Waals surface area contributed by atoms with Crippen molar-refractivity contribution in [2.75, 3.05) is 37.6 Å². The summed E-state index contributed by atoms with van der Waals surface area (Å²) in [6.07, 6.45) is 5.20. The highest BCUT2D eigenvalue weighted by Gasteiger charge is 2.19. The Bertz CT molecular complexity index is 1030. The van der Waals surface area contributed by atoms with Gasteiger partial charge in [0, 0.05) is 49.3 Å². The highest BCUT2D eigenvalue weighted by molar-refractivity contribution is 5.84. The van der Waals surface area contributed by atoms with Gasteiger partial charge in [0.15, 0.2) is 0 Å². The fourth-order valence-electron chi connectivity index (χ4n) is 4.06. The molecule has 1 aliphatic rings. The molecule has 1 aromatic heterocycles. The Morgan fingerprint density at radius 2 is 1.83 bits per heavy atom. The zero-order chi connectivity index (χ0) is 20.2. The predicted octanol–water partition coefficient (Wildman–Crippen LogP) is 4.46. The van der Waals surface area contributed by atoms with Crippen LogP contribution in [-0.2, 0) is 6.42 Å². The number of rotatable bonds is 6. The number of nitriles is 1. The van der Waals surface area contributed by atoms with Crippen LogP contribution in [0.1, 0.15) is 24.0 Å². The number of fused-ring (bicyclic) bond motifs is 1. The third kappa shape index (κ3) is 4.41. The second-order valence-electron chi connectivity index (χ2n) is 7.57. The van der Waals surface area contributed by atoms with Crippen molar-refractivity contribution in [3.63, 3.8) is 0 Å². The van der Waals surface area contributed by atoms with Crippen LogP contribution in [0.4, 0.5) is 14.5 Å². The molecule has 2 heterocycles. The normalized spacial score (nSPS) is 15.0. The molecule has 1 aliphatic heterocycles. The van der Waals surface area contributed by atoms with Crippen LogP contribution >= 0.6 is 0 Å². The number of nitrogens with one attached hydrogen (secondary N) is 1. The van der Waals surface area contributed by atoms with Gasteiger partial charge in [-0.1, -0.05) is 0 Å². The summed E-state index contributed by atoms with van der Waals surface area (Å²) < 4.78 is 27.1. The lowest BCUT2D eigenvalue weighted by molar-refractivity contribution is 0.252. The lowest BCUT2D eigenvalue weighted by Crippen LogP contribution is -2.46. The Hall–Kier alpha value is -2.91. The Morgan fingerprint density at radius 1 is 1.00 bits per heavy atom. The van der Waals surface area contributed by atoms with E-state index >= 15 is 0 Å². The number of halogens is 2. The summed E-state index contributed by atoms with van der Waals surface area (Å²) in [4.78, 5) is 7.67. The maximum absolute atomic E-state index is 14.0. The van der Waals surface area contributed by atoms with E-state index in [0.717, 1.165) is 69.0 Å². The van der Waals surface area contributed by atoms with Gasteiger partial charge in [-0.25, -0.2) is 8.78 Å². The molecule has 0 radical (unpaired) electrons. The molecule has 4 nitrogen and oxygen atoms in total. The van der Waals surface area contributed by atoms with E-state index < -0.39 is 11.6 Å². The van der Waals surface area contributed by atoms with E-state index in [4.69, 9.17) is 5.26 Å². The summed E-state index contributed by atoms with van der Waals surface area (Å²) in [5.74, 6) is -1.03. The molecule has 3 aromatic rings. The van der Waals surface area contributed by atoms with Crippen LogP contribution in [0, 0.1) is 23.0 Å². The van der Waals surface area contributed by atoms with Crippen LogP contribution in [-0.4, -0.2) is 42.6 Å². The third-order valence-corrected chi connectivity index (χ3v) is 5.69. The number of anilines is 1. The summed E-state index contributed by atoms with van der Waals surface area (Å²) in [6.45, 7) is 4.29. The van der Waals surface area contributed by atoms with Gasteiger partial charge in [0.05, 0.1) is 17.3 Å². The van der Waals surface area contributed by atoms with E-state index in [-0.39, 0.29) is 0 Å². The monoisotopic (exact) mass is 394 g/mol. The second kappa shape index (κ2) is 8.62. The van der Waals surface area contributed by atoms with Crippen molar-refractivity contribution >= 4 is 16.6 Å². The minimum Gasteiger partial charge on any atom is -0.367 e. The maximum atomic E-state index is 14.0. The minimum absolute atomic E-state index is 0.488. The molecule has 29 heavy (non-hydrogen) atoms. The van der Waals surface area contributed by atoms with Gasteiger partial charge in [0.1, 0.15) is 11.6 Å². The average molecular weight is 394 g/mol. The third-order valence-electron chi connectivity index (χ3n) is 5.69. The van der Waals surface area contributed by atoms with Gasteiger partial charge in [-0.2, -0.15) is 5.26 Å². The molecule has 150 valence electrons. The molecule has 1 N–H and O–H groups in total. The molecule has 0 amide bonds. The number of nitrogens with zero attached hydrogens (tertiary/aromatic N) is 3. The molecule has 1 fully saturated rings. The van der Waals surface area contributed by atoms with E-state index in [0.29, 0.717) is 11.3 Å². The number of aromatic amines is 1. The number of benzene rings is 2. The molecular weight excluding hydrogens is 370 g/mol. The molecular formula is C23H24F2N4. The van der Waals surface area contributed by atoms with Gasteiger partial charge in [0.2, 0.25) is 0 Å². The summed E-state index contributed by atoms with van der Waals surface area (Å²) in [7, 11) is 0. The van der Waals surface area contributed by atoms with Gasteiger partial charge in [-0.3, -0.25) is 4.90 Å². The lowest BCUT2D eigenvalue weighted by Gasteiger charge is -2.36. The van der Waals surface area contributed by atoms with Crippen LogP contribution in [0.25, 0.3) is 10.9 Å². The highest BCUT2D eigenvalue weighted by Crippen LogP contribution is 2.23. The Kier molecular flexibility index (Phi) is 5.77. The first kappa shape index (κ1) is 19.4. The fraction of sp³-hybridized carbons (Fsp3) is 0.348. The van der Waals surface area contributed by atoms with E-state index in [1.54, 1.807) is 0 Å². The van der Waals surface area contributed by atoms with Gasteiger partial charge in [-0.15, -0.1) is 0 Å². The number of unbranched alkanes of at least 4 members (excludes halogenated alkanes) is 1. The summed E-state index contributed by atoms with van der Waals surface area (Å²) in [5.41, 5.74) is 3.51. The van der Waals surface area contributed by atoms with Crippen LogP contribution < -0.4 is 4.90 Å². The molecule has 4 rings (SSSR count). The van der Waals surface area contributed by atoms with E-state index in [1.165, 1.54) is 17.7 Å². The van der Waals surface area contributed by atoms with Crippen molar-refractivity contribution in [2.24, 2.45) is 0 Å². The minimum atomic E-state index is -0.538. The summed E-state index contributed by atoms with van der Waals surface area (Å²) in [5, 5.41) is 10.2. The van der Waals surface area contributed by atoms with Crippen LogP contribution in [0.15, 0.2) is 42.6 Å². The molecule has 0 aliphatic carbocycles. The summed E-state index contributed by atoms with van der Waals surface area (Å²) >= 11 is 0. The van der Waals surface area contributed by atoms with Crippen molar-refractivity contribution in [3.8, 4) is 6.07 Å². The van der Waals surface area contributed by atoms with E-state index in [9.17, 15) is 8.78 Å². The molecule has 0 unspecified atom stereocenters. The molecule has 1 saturated heterocycles. The van der Waals surface area contributed by atoms with Crippen molar-refractivity contribution in [1.82, 2.24) is 9.88 Å². The quantitative estimate of drug-likeness (QED) is 0.628. The molecule has 6 heteroatoms. The van der Waals surface area contributed by atoms with Gasteiger partial charge in [-0.05, 0) is 61.7 Å². The van der Waals surface area contributed by atoms with Gasteiger partial charge < -0.3 is 9.88 Å². The second-order valence-corrected chi connectivity index (χ2v) is 7.57. The van der Waals surface area contributed by atoms with Crippen molar-refractivity contribution in [2.45, 2.75) is 19.3 Å². The van der Waals surface area contributed by atoms with E-state index in [2.05, 4.69) is 16.0 Å². The molecule has 0 atom stereocenters. The molecule has 2 aromatic carbocycles. The zero-order valence-electron chi connectivity index (χ0n) is 16.3. The largest absolute Gasteiger partial charge is 0.367 e. The zero-order valence-corrected chi connectivity index (χ0v) is 16.3. The summed E-state index contributed by atoms with van der Waals surface area (Å²) in [6, 6.07) is 11.7. The van der Waals surface area contributed by atoms with Crippen molar-refractivity contribution in [3.05, 3.63) is 65.4 Å². The average Bonchev–Trinajstić information content (AvgIpc) is 3.14. The highest BCUT2D eigenvalue weighted by atomic mass is 19.1. The van der Waals surface area contributed by atoms with E-state index in [1.807, 2.05) is 29.3 Å². The standard InChI is InChI=1S/C23H24F2N4/c24-19-5-7-23(21(25)14-19)29-11-9-28(10-12-29)8-2-1-3-18-16-27-22-6-4-17(15-26)13-20(18)22/h4-7,13-14,16,27H,1-3,8-12H2. The fourth-order valence-corrected chi connectivity index (χ4v) is 4.06. The van der Waals surface area contributed by atoms with Crippen LogP contribution in [0.5, 0.6) is 0 Å². The number of hydrogen-bond donors (Lipinski definition) is 1. The molecule has 0 bridgehead atoms. The van der Waals surface area contributed by atoms with Gasteiger partial charge in [0.25, 0.3) is 0 Å². The number of piperazine rings is 1. The predicted molar refractivity (Wildman–Crippen MR) is 111 cm³/mol. The smallest absolute Gasteiger partial charge is 0.149 e. The number of aromatic nitrogens is 1. The molecule has 0 spiro atoms. The lowest BCUT2D eigenvalue weighted by atomic mass is 10.1.